The lowest BCUT2D eigenvalue weighted by molar-refractivity contribution is 0.0995. The van der Waals surface area contributed by atoms with E-state index >= 15 is 0 Å². The van der Waals surface area contributed by atoms with Crippen molar-refractivity contribution in [1.29, 1.82) is 0 Å². The molecular weight excluding hydrogens is 268 g/mol. The highest BCUT2D eigenvalue weighted by Gasteiger charge is 2.12. The first-order chi connectivity index (χ1) is 9.99. The van der Waals surface area contributed by atoms with Crippen molar-refractivity contribution in [2.45, 2.75) is 33.4 Å². The minimum absolute atomic E-state index is 0.114. The molecule has 5 heteroatoms. The van der Waals surface area contributed by atoms with E-state index < -0.39 is 0 Å². The molecule has 2 aromatic rings. The number of carbonyl (C=O) groups excluding carboxylic acids is 1. The summed E-state index contributed by atoms with van der Waals surface area (Å²) in [6.07, 6.45) is 0.114. The van der Waals surface area contributed by atoms with Crippen LogP contribution in [-0.4, -0.2) is 12.0 Å². The number of anilines is 1. The number of carbonyl (C=O) groups is 1. The van der Waals surface area contributed by atoms with Crippen LogP contribution in [0.4, 0.5) is 5.69 Å². The number of furan rings is 1. The quantitative estimate of drug-likeness (QED) is 0.886. The van der Waals surface area contributed by atoms with Crippen molar-refractivity contribution in [3.8, 4) is 5.75 Å². The lowest BCUT2D eigenvalue weighted by Crippen LogP contribution is -2.12. The maximum absolute atomic E-state index is 12.1. The molecular formula is C16H20N2O3. The Kier molecular flexibility index (Phi) is 4.65. The van der Waals surface area contributed by atoms with Crippen LogP contribution < -0.4 is 15.8 Å². The zero-order valence-corrected chi connectivity index (χ0v) is 12.5. The Bertz CT molecular complexity index is 632. The highest BCUT2D eigenvalue weighted by molar-refractivity contribution is 6.02. The monoisotopic (exact) mass is 288 g/mol. The van der Waals surface area contributed by atoms with Gasteiger partial charge in [0.05, 0.1) is 12.6 Å². The zero-order chi connectivity index (χ0) is 15.4. The van der Waals surface area contributed by atoms with Gasteiger partial charge in [0.2, 0.25) is 0 Å². The molecule has 0 spiro atoms. The summed E-state index contributed by atoms with van der Waals surface area (Å²) in [5, 5.41) is 2.82. The molecule has 1 heterocycles. The van der Waals surface area contributed by atoms with Gasteiger partial charge in [-0.25, -0.2) is 0 Å². The number of aryl methyl sites for hydroxylation is 1. The standard InChI is InChI=1S/C16H20N2O3/c1-10(2)20-12-4-6-14(11(3)8-12)18-16(19)15-7-5-13(9-17)21-15/h4-8,10H,9,17H2,1-3H3,(H,18,19). The van der Waals surface area contributed by atoms with E-state index in [1.807, 2.05) is 39.0 Å². The lowest BCUT2D eigenvalue weighted by Gasteiger charge is -2.12. The van der Waals surface area contributed by atoms with Crippen molar-refractivity contribution < 1.29 is 13.9 Å². The Morgan fingerprint density at radius 1 is 1.33 bits per heavy atom. The van der Waals surface area contributed by atoms with Gasteiger partial charge in [-0.3, -0.25) is 4.79 Å². The molecule has 112 valence electrons. The van der Waals surface area contributed by atoms with E-state index in [1.54, 1.807) is 12.1 Å². The van der Waals surface area contributed by atoms with Crippen LogP contribution in [0, 0.1) is 6.92 Å². The number of benzene rings is 1. The van der Waals surface area contributed by atoms with Gasteiger partial charge < -0.3 is 20.2 Å². The largest absolute Gasteiger partial charge is 0.491 e. The maximum Gasteiger partial charge on any atom is 0.291 e. The van der Waals surface area contributed by atoms with E-state index in [-0.39, 0.29) is 24.3 Å². The highest BCUT2D eigenvalue weighted by Crippen LogP contribution is 2.23. The first-order valence-corrected chi connectivity index (χ1v) is 6.87. The number of ether oxygens (including phenoxy) is 1. The third-order valence-electron chi connectivity index (χ3n) is 2.90. The minimum Gasteiger partial charge on any atom is -0.491 e. The summed E-state index contributed by atoms with van der Waals surface area (Å²) in [6.45, 7) is 6.12. The summed E-state index contributed by atoms with van der Waals surface area (Å²) in [7, 11) is 0. The van der Waals surface area contributed by atoms with Crippen LogP contribution in [0.2, 0.25) is 0 Å². The summed E-state index contributed by atoms with van der Waals surface area (Å²) >= 11 is 0. The van der Waals surface area contributed by atoms with Crippen LogP contribution in [-0.2, 0) is 6.54 Å². The van der Waals surface area contributed by atoms with Crippen molar-refractivity contribution in [3.05, 3.63) is 47.4 Å². The molecule has 1 aromatic carbocycles. The molecule has 0 fully saturated rings. The first kappa shape index (κ1) is 15.1. The van der Waals surface area contributed by atoms with E-state index in [4.69, 9.17) is 14.9 Å². The van der Waals surface area contributed by atoms with Crippen LogP contribution in [0.15, 0.2) is 34.7 Å². The summed E-state index contributed by atoms with van der Waals surface area (Å²) in [4.78, 5) is 12.1. The summed E-state index contributed by atoms with van der Waals surface area (Å²) in [6, 6.07) is 8.85. The Morgan fingerprint density at radius 2 is 2.10 bits per heavy atom. The second kappa shape index (κ2) is 6.45. The van der Waals surface area contributed by atoms with E-state index in [2.05, 4.69) is 5.32 Å². The van der Waals surface area contributed by atoms with Gasteiger partial charge in [-0.05, 0) is 56.7 Å². The molecule has 5 nitrogen and oxygen atoms in total. The van der Waals surface area contributed by atoms with Gasteiger partial charge >= 0.3 is 0 Å². The van der Waals surface area contributed by atoms with Crippen LogP contribution in [0.5, 0.6) is 5.75 Å². The average molecular weight is 288 g/mol. The van der Waals surface area contributed by atoms with E-state index in [1.165, 1.54) is 0 Å². The Hall–Kier alpha value is -2.27. The number of rotatable bonds is 5. The second-order valence-corrected chi connectivity index (χ2v) is 5.07. The minimum atomic E-state index is -0.296. The van der Waals surface area contributed by atoms with Crippen molar-refractivity contribution >= 4 is 11.6 Å². The van der Waals surface area contributed by atoms with Gasteiger partial charge in [0.15, 0.2) is 5.76 Å². The molecule has 0 aliphatic heterocycles. The fraction of sp³-hybridized carbons (Fsp3) is 0.312. The van der Waals surface area contributed by atoms with Crippen LogP contribution >= 0.6 is 0 Å². The van der Waals surface area contributed by atoms with Crippen LogP contribution in [0.25, 0.3) is 0 Å². The SMILES string of the molecule is Cc1cc(OC(C)C)ccc1NC(=O)c1ccc(CN)o1. The van der Waals surface area contributed by atoms with Crippen molar-refractivity contribution in [3.63, 3.8) is 0 Å². The van der Waals surface area contributed by atoms with Gasteiger partial charge in [-0.15, -0.1) is 0 Å². The smallest absolute Gasteiger partial charge is 0.291 e. The second-order valence-electron chi connectivity index (χ2n) is 5.07. The summed E-state index contributed by atoms with van der Waals surface area (Å²) in [5.74, 6) is 1.31. The topological polar surface area (TPSA) is 77.5 Å². The van der Waals surface area contributed by atoms with Crippen LogP contribution in [0.3, 0.4) is 0 Å². The fourth-order valence-electron chi connectivity index (χ4n) is 1.92. The molecule has 0 bridgehead atoms. The molecule has 0 unspecified atom stereocenters. The first-order valence-electron chi connectivity index (χ1n) is 6.87. The molecule has 0 aliphatic rings. The van der Waals surface area contributed by atoms with Gasteiger partial charge in [0.1, 0.15) is 11.5 Å². The Balaban J connectivity index is 2.10. The predicted octanol–water partition coefficient (Wildman–Crippen LogP) is 3.09. The summed E-state index contributed by atoms with van der Waals surface area (Å²) < 4.78 is 10.9. The van der Waals surface area contributed by atoms with Crippen molar-refractivity contribution in [2.75, 3.05) is 5.32 Å². The molecule has 0 saturated carbocycles. The Labute approximate surface area is 124 Å². The molecule has 0 saturated heterocycles. The Morgan fingerprint density at radius 3 is 2.67 bits per heavy atom. The van der Waals surface area contributed by atoms with Crippen molar-refractivity contribution in [1.82, 2.24) is 0 Å². The summed E-state index contributed by atoms with van der Waals surface area (Å²) in [5.41, 5.74) is 7.10. The molecule has 0 radical (unpaired) electrons. The molecule has 3 N–H and O–H groups in total. The van der Waals surface area contributed by atoms with Gasteiger partial charge in [0, 0.05) is 5.69 Å². The lowest BCUT2D eigenvalue weighted by atomic mass is 10.2. The third-order valence-corrected chi connectivity index (χ3v) is 2.90. The van der Waals surface area contributed by atoms with E-state index in [9.17, 15) is 4.79 Å². The number of amides is 1. The molecule has 1 aromatic heterocycles. The predicted molar refractivity (Wildman–Crippen MR) is 81.5 cm³/mol. The van der Waals surface area contributed by atoms with Crippen LogP contribution in [0.1, 0.15) is 35.7 Å². The van der Waals surface area contributed by atoms with Crippen molar-refractivity contribution in [2.24, 2.45) is 5.73 Å². The zero-order valence-electron chi connectivity index (χ0n) is 12.5. The number of nitrogens with two attached hydrogens (primary N) is 1. The number of nitrogens with one attached hydrogen (secondary N) is 1. The molecule has 0 atom stereocenters. The molecule has 2 rings (SSSR count). The van der Waals surface area contributed by atoms with Gasteiger partial charge in [0.25, 0.3) is 5.91 Å². The highest BCUT2D eigenvalue weighted by atomic mass is 16.5. The number of hydrogen-bond donors (Lipinski definition) is 2. The average Bonchev–Trinajstić information content (AvgIpc) is 2.90. The van der Waals surface area contributed by atoms with E-state index in [0.717, 1.165) is 17.0 Å². The third kappa shape index (κ3) is 3.86. The van der Waals surface area contributed by atoms with E-state index in [0.29, 0.717) is 5.76 Å². The molecule has 0 aliphatic carbocycles. The maximum atomic E-state index is 12.1. The van der Waals surface area contributed by atoms with Gasteiger partial charge in [-0.2, -0.15) is 0 Å². The fourth-order valence-corrected chi connectivity index (χ4v) is 1.92. The normalized spacial score (nSPS) is 10.7. The molecule has 1 amide bonds. The van der Waals surface area contributed by atoms with Gasteiger partial charge in [-0.1, -0.05) is 0 Å². The number of hydrogen-bond acceptors (Lipinski definition) is 4. The molecule has 21 heavy (non-hydrogen) atoms.